The summed E-state index contributed by atoms with van der Waals surface area (Å²) in [5.74, 6) is 0. The number of nitrogens with zero attached hydrogens (tertiary/aromatic N) is 1. The van der Waals surface area contributed by atoms with Crippen LogP contribution >= 0.6 is 0 Å². The van der Waals surface area contributed by atoms with Crippen molar-refractivity contribution in [3.05, 3.63) is 30.6 Å². The first-order valence-corrected chi connectivity index (χ1v) is 1.68. The number of hydrogen-bond acceptors (Lipinski definition) is 1. The van der Waals surface area contributed by atoms with Gasteiger partial charge in [0.25, 0.3) is 0 Å². The third-order valence-electron chi connectivity index (χ3n) is 0.468. The molecule has 0 atom stereocenters. The second kappa shape index (κ2) is 8.86. The SMILES string of the molecule is [Cs+].[Re].[c-]1c[c-]ncc1. The van der Waals surface area contributed by atoms with Crippen LogP contribution in [-0.4, -0.2) is 4.98 Å². The van der Waals surface area contributed by atoms with Gasteiger partial charge in [-0.25, -0.2) is 6.20 Å². The largest absolute Gasteiger partial charge is 1.00 e. The van der Waals surface area contributed by atoms with Gasteiger partial charge in [-0.15, -0.1) is 0 Å². The molecule has 0 saturated heterocycles. The van der Waals surface area contributed by atoms with Crippen molar-refractivity contribution in [2.24, 2.45) is 0 Å². The molecule has 0 fully saturated rings. The van der Waals surface area contributed by atoms with Crippen LogP contribution in [0.2, 0.25) is 0 Å². The normalized spacial score (nSPS) is 6.00. The molecule has 1 nitrogen and oxygen atoms in total. The molecule has 37 valence electrons. The van der Waals surface area contributed by atoms with Crippen LogP contribution in [0.15, 0.2) is 18.3 Å². The van der Waals surface area contributed by atoms with Gasteiger partial charge < -0.3 is 11.1 Å². The maximum absolute atomic E-state index is 3.63. The molecule has 8 heavy (non-hydrogen) atoms. The smallest absolute Gasteiger partial charge is 0.529 e. The number of rotatable bonds is 0. The molecule has 0 N–H and O–H groups in total. The Morgan fingerprint density at radius 2 is 2.12 bits per heavy atom. The van der Waals surface area contributed by atoms with Crippen molar-refractivity contribution >= 4 is 0 Å². The maximum Gasteiger partial charge on any atom is 1.00 e. The molecule has 0 aliphatic carbocycles. The summed E-state index contributed by atoms with van der Waals surface area (Å²) < 4.78 is 0. The third kappa shape index (κ3) is 5.99. The summed E-state index contributed by atoms with van der Waals surface area (Å²) >= 11 is 0. The fraction of sp³-hybridized carbons (Fsp3) is 0. The van der Waals surface area contributed by atoms with Crippen molar-refractivity contribution < 1.29 is 89.3 Å². The van der Waals surface area contributed by atoms with E-state index >= 15 is 0 Å². The molecular formula is C5H3CsNRe-. The van der Waals surface area contributed by atoms with Gasteiger partial charge in [0.1, 0.15) is 0 Å². The van der Waals surface area contributed by atoms with Gasteiger partial charge in [-0.2, -0.15) is 0 Å². The predicted octanol–water partition coefficient (Wildman–Crippen LogP) is -2.32. The van der Waals surface area contributed by atoms with Crippen molar-refractivity contribution in [2.75, 3.05) is 0 Å². The Kier molecular flexibility index (Phi) is 13.9. The van der Waals surface area contributed by atoms with Crippen LogP contribution in [0.5, 0.6) is 0 Å². The Balaban J connectivity index is 0. The molecule has 0 unspecified atom stereocenters. The molecule has 0 bridgehead atoms. The fourth-order valence-corrected chi connectivity index (χ4v) is 0.246. The average molecular weight is 396 g/mol. The topological polar surface area (TPSA) is 12.9 Å². The molecule has 1 radical (unpaired) electrons. The maximum atomic E-state index is 3.63. The molecular weight excluding hydrogens is 393 g/mol. The van der Waals surface area contributed by atoms with Crippen molar-refractivity contribution in [2.45, 2.75) is 0 Å². The summed E-state index contributed by atoms with van der Waals surface area (Å²) in [5, 5.41) is 0. The molecule has 0 aliphatic rings. The molecule has 0 amide bonds. The number of hydrogen-bond donors (Lipinski definition) is 0. The van der Waals surface area contributed by atoms with E-state index in [1.807, 2.05) is 0 Å². The van der Waals surface area contributed by atoms with Gasteiger partial charge in [-0.05, 0) is 0 Å². The predicted molar refractivity (Wildman–Crippen MR) is 21.9 cm³/mol. The zero-order valence-electron chi connectivity index (χ0n) is 4.56. The van der Waals surface area contributed by atoms with E-state index in [1.165, 1.54) is 0 Å². The molecule has 1 heterocycles. The Hall–Kier alpha value is 1.86. The molecule has 1 rings (SSSR count). The van der Waals surface area contributed by atoms with Crippen molar-refractivity contribution in [1.29, 1.82) is 0 Å². The Morgan fingerprint density at radius 3 is 2.25 bits per heavy atom. The Bertz CT molecular complexity index is 84.4. The van der Waals surface area contributed by atoms with E-state index in [4.69, 9.17) is 0 Å². The minimum Gasteiger partial charge on any atom is -0.529 e. The van der Waals surface area contributed by atoms with Gasteiger partial charge in [0.05, 0.1) is 0 Å². The summed E-state index contributed by atoms with van der Waals surface area (Å²) in [4.78, 5) is 3.63. The van der Waals surface area contributed by atoms with Crippen LogP contribution in [0.1, 0.15) is 0 Å². The molecule has 0 aromatic carbocycles. The van der Waals surface area contributed by atoms with Gasteiger partial charge in [-0.1, -0.05) is 0 Å². The molecule has 3 heteroatoms. The summed E-state index contributed by atoms with van der Waals surface area (Å²) in [6, 6.07) is 6.15. The minimum absolute atomic E-state index is 0. The van der Waals surface area contributed by atoms with Gasteiger partial charge in [0, 0.05) is 20.4 Å². The first kappa shape index (κ1) is 12.5. The molecule has 0 aliphatic heterocycles. The van der Waals surface area contributed by atoms with Gasteiger partial charge in [0.15, 0.2) is 0 Å². The van der Waals surface area contributed by atoms with Crippen LogP contribution in [0.3, 0.4) is 0 Å². The van der Waals surface area contributed by atoms with Crippen LogP contribution in [-0.2, 0) is 20.4 Å². The Morgan fingerprint density at radius 1 is 1.38 bits per heavy atom. The summed E-state index contributed by atoms with van der Waals surface area (Å²) in [6.07, 6.45) is 4.23. The van der Waals surface area contributed by atoms with E-state index in [9.17, 15) is 0 Å². The molecule has 0 saturated carbocycles. The molecule has 0 spiro atoms. The van der Waals surface area contributed by atoms with Crippen molar-refractivity contribution in [3.8, 4) is 0 Å². The number of aromatic nitrogens is 1. The second-order valence-electron chi connectivity index (χ2n) is 0.885. The Labute approximate surface area is 122 Å². The first-order valence-electron chi connectivity index (χ1n) is 1.68. The van der Waals surface area contributed by atoms with E-state index in [1.54, 1.807) is 18.3 Å². The number of pyridine rings is 1. The zero-order chi connectivity index (χ0) is 4.24. The van der Waals surface area contributed by atoms with Crippen LogP contribution in [0, 0.1) is 12.3 Å². The minimum atomic E-state index is 0. The quantitative estimate of drug-likeness (QED) is 0.449. The summed E-state index contributed by atoms with van der Waals surface area (Å²) in [7, 11) is 0. The van der Waals surface area contributed by atoms with Gasteiger partial charge >= 0.3 is 68.9 Å². The third-order valence-corrected chi connectivity index (χ3v) is 0.468. The summed E-state index contributed by atoms with van der Waals surface area (Å²) in [5.41, 5.74) is 0. The van der Waals surface area contributed by atoms with E-state index in [-0.39, 0.29) is 89.3 Å². The van der Waals surface area contributed by atoms with E-state index < -0.39 is 0 Å². The van der Waals surface area contributed by atoms with Crippen LogP contribution in [0.4, 0.5) is 0 Å². The standard InChI is InChI=1S/C5H3N.Cs.Re/c1-2-4-6-5-3-1;;/h2-4H;;/q-2;+1;. The molecule has 1 aromatic heterocycles. The fourth-order valence-electron chi connectivity index (χ4n) is 0.246. The molecule has 1 aromatic rings. The van der Waals surface area contributed by atoms with Crippen molar-refractivity contribution in [3.63, 3.8) is 0 Å². The van der Waals surface area contributed by atoms with Crippen LogP contribution in [0.25, 0.3) is 0 Å². The van der Waals surface area contributed by atoms with E-state index in [2.05, 4.69) is 17.2 Å². The second-order valence-corrected chi connectivity index (χ2v) is 0.885. The summed E-state index contributed by atoms with van der Waals surface area (Å²) in [6.45, 7) is 0. The van der Waals surface area contributed by atoms with Crippen LogP contribution < -0.4 is 68.9 Å². The van der Waals surface area contributed by atoms with Gasteiger partial charge in [-0.3, -0.25) is 18.3 Å². The van der Waals surface area contributed by atoms with E-state index in [0.717, 1.165) is 0 Å². The average Bonchev–Trinajstić information content (AvgIpc) is 1.72. The van der Waals surface area contributed by atoms with Crippen molar-refractivity contribution in [1.82, 2.24) is 4.98 Å². The first-order chi connectivity index (χ1) is 3.00. The zero-order valence-corrected chi connectivity index (χ0v) is 13.6. The van der Waals surface area contributed by atoms with Gasteiger partial charge in [0.2, 0.25) is 0 Å². The monoisotopic (exact) mass is 397 g/mol. The van der Waals surface area contributed by atoms with E-state index in [0.29, 0.717) is 0 Å².